The van der Waals surface area contributed by atoms with Crippen LogP contribution >= 0.6 is 23.6 Å². The average molecular weight is 372 g/mol. The van der Waals surface area contributed by atoms with E-state index in [1.807, 2.05) is 30.3 Å². The molecule has 6 heteroatoms. The van der Waals surface area contributed by atoms with E-state index in [0.717, 1.165) is 35.3 Å². The molecule has 25 heavy (non-hydrogen) atoms. The molecule has 0 aliphatic carbocycles. The second kappa shape index (κ2) is 6.52. The Morgan fingerprint density at radius 3 is 2.76 bits per heavy atom. The summed E-state index contributed by atoms with van der Waals surface area (Å²) >= 11 is 7.16. The summed E-state index contributed by atoms with van der Waals surface area (Å²) in [7, 11) is 0. The van der Waals surface area contributed by atoms with E-state index in [1.54, 1.807) is 15.9 Å². The van der Waals surface area contributed by atoms with Crippen LogP contribution in [0.3, 0.4) is 0 Å². The molecule has 3 heterocycles. The molecule has 1 aromatic carbocycles. The molecule has 0 spiro atoms. The maximum atomic E-state index is 13.2. The zero-order valence-corrected chi connectivity index (χ0v) is 16.0. The summed E-state index contributed by atoms with van der Waals surface area (Å²) in [5.41, 5.74) is 2.34. The van der Waals surface area contributed by atoms with Gasteiger partial charge in [0, 0.05) is 24.0 Å². The van der Waals surface area contributed by atoms with Crippen molar-refractivity contribution >= 4 is 33.8 Å². The molecule has 1 aliphatic rings. The van der Waals surface area contributed by atoms with Gasteiger partial charge in [0.05, 0.1) is 11.9 Å². The molecule has 4 rings (SSSR count). The van der Waals surface area contributed by atoms with E-state index in [9.17, 15) is 4.79 Å². The van der Waals surface area contributed by atoms with Crippen molar-refractivity contribution in [3.05, 3.63) is 61.5 Å². The molecule has 0 saturated carbocycles. The van der Waals surface area contributed by atoms with Crippen molar-refractivity contribution in [3.63, 3.8) is 0 Å². The quantitative estimate of drug-likeness (QED) is 0.709. The van der Waals surface area contributed by atoms with E-state index in [0.29, 0.717) is 17.4 Å². The fourth-order valence-electron chi connectivity index (χ4n) is 3.48. The van der Waals surface area contributed by atoms with Gasteiger partial charge in [0.2, 0.25) is 0 Å². The molecule has 0 bridgehead atoms. The highest BCUT2D eigenvalue weighted by Gasteiger charge is 2.25. The Labute approximate surface area is 155 Å². The number of thiophene rings is 1. The Hall–Kier alpha value is -1.76. The van der Waals surface area contributed by atoms with Crippen LogP contribution in [0.4, 0.5) is 0 Å². The molecule has 0 fully saturated rings. The van der Waals surface area contributed by atoms with Gasteiger partial charge in [-0.2, -0.15) is 0 Å². The summed E-state index contributed by atoms with van der Waals surface area (Å²) in [5.74, 6) is 0. The first kappa shape index (κ1) is 16.7. The van der Waals surface area contributed by atoms with Gasteiger partial charge in [0.1, 0.15) is 4.83 Å². The molecule has 1 aliphatic heterocycles. The molecular formula is C19H21N3OS2. The van der Waals surface area contributed by atoms with Gasteiger partial charge in [0.15, 0.2) is 4.77 Å². The van der Waals surface area contributed by atoms with E-state index in [4.69, 9.17) is 12.2 Å². The van der Waals surface area contributed by atoms with E-state index in [-0.39, 0.29) is 5.56 Å². The fraction of sp³-hybridized carbons (Fsp3) is 0.368. The zero-order chi connectivity index (χ0) is 17.6. The smallest absolute Gasteiger partial charge is 0.263 e. The van der Waals surface area contributed by atoms with Crippen LogP contribution in [0.2, 0.25) is 0 Å². The topological polar surface area (TPSA) is 41.0 Å². The van der Waals surface area contributed by atoms with Crippen molar-refractivity contribution in [2.45, 2.75) is 39.4 Å². The van der Waals surface area contributed by atoms with Crippen LogP contribution in [0.15, 0.2) is 35.1 Å². The SMILES string of the molecule is CC(C)N1CCc2c(sc3[nH]c(=S)n(Cc4ccccc4)c(=O)c23)C1. The Bertz CT molecular complexity index is 1030. The third-order valence-corrected chi connectivity index (χ3v) is 6.38. The van der Waals surface area contributed by atoms with E-state index < -0.39 is 0 Å². The van der Waals surface area contributed by atoms with Crippen LogP contribution in [-0.4, -0.2) is 27.0 Å². The normalized spacial score (nSPS) is 15.0. The van der Waals surface area contributed by atoms with Crippen LogP contribution in [-0.2, 0) is 19.5 Å². The predicted molar refractivity (Wildman–Crippen MR) is 106 cm³/mol. The summed E-state index contributed by atoms with van der Waals surface area (Å²) in [4.78, 5) is 21.2. The summed E-state index contributed by atoms with van der Waals surface area (Å²) in [6.45, 7) is 6.88. The lowest BCUT2D eigenvalue weighted by Crippen LogP contribution is -2.35. The zero-order valence-electron chi connectivity index (χ0n) is 14.4. The number of aromatic nitrogens is 2. The number of nitrogens with zero attached hydrogens (tertiary/aromatic N) is 2. The number of H-pyrrole nitrogens is 1. The molecule has 1 N–H and O–H groups in total. The molecule has 3 aromatic rings. The van der Waals surface area contributed by atoms with Crippen LogP contribution in [0, 0.1) is 4.77 Å². The first-order valence-electron chi connectivity index (χ1n) is 8.60. The number of hydrogen-bond donors (Lipinski definition) is 1. The lowest BCUT2D eigenvalue weighted by molar-refractivity contribution is 0.206. The van der Waals surface area contributed by atoms with Gasteiger partial charge in [-0.3, -0.25) is 14.3 Å². The van der Waals surface area contributed by atoms with E-state index >= 15 is 0 Å². The highest BCUT2D eigenvalue weighted by molar-refractivity contribution is 7.71. The fourth-order valence-corrected chi connectivity index (χ4v) is 5.06. The maximum absolute atomic E-state index is 13.2. The summed E-state index contributed by atoms with van der Waals surface area (Å²) in [6, 6.07) is 10.5. The largest absolute Gasteiger partial charge is 0.323 e. The van der Waals surface area contributed by atoms with Gasteiger partial charge < -0.3 is 4.98 Å². The molecule has 0 saturated heterocycles. The van der Waals surface area contributed by atoms with E-state index in [2.05, 4.69) is 23.7 Å². The summed E-state index contributed by atoms with van der Waals surface area (Å²) < 4.78 is 2.19. The van der Waals surface area contributed by atoms with Crippen LogP contribution in [0.5, 0.6) is 0 Å². The summed E-state index contributed by atoms with van der Waals surface area (Å²) in [6.07, 6.45) is 0.929. The number of rotatable bonds is 3. The molecule has 4 nitrogen and oxygen atoms in total. The third-order valence-electron chi connectivity index (χ3n) is 4.92. The molecule has 0 atom stereocenters. The average Bonchev–Trinajstić information content (AvgIpc) is 2.96. The first-order chi connectivity index (χ1) is 12.0. The van der Waals surface area contributed by atoms with Gasteiger partial charge >= 0.3 is 0 Å². The molecule has 0 unspecified atom stereocenters. The van der Waals surface area contributed by atoms with E-state index in [1.165, 1.54) is 10.4 Å². The third kappa shape index (κ3) is 2.99. The van der Waals surface area contributed by atoms with Crippen LogP contribution in [0.1, 0.15) is 29.9 Å². The lowest BCUT2D eigenvalue weighted by Gasteiger charge is -2.30. The van der Waals surface area contributed by atoms with Crippen LogP contribution < -0.4 is 5.56 Å². The van der Waals surface area contributed by atoms with Gasteiger partial charge in [-0.15, -0.1) is 11.3 Å². The number of aromatic amines is 1. The van der Waals surface area contributed by atoms with Crippen molar-refractivity contribution < 1.29 is 0 Å². The number of hydrogen-bond acceptors (Lipinski definition) is 4. The Morgan fingerprint density at radius 2 is 2.04 bits per heavy atom. The highest BCUT2D eigenvalue weighted by Crippen LogP contribution is 2.33. The second-order valence-electron chi connectivity index (χ2n) is 6.83. The monoisotopic (exact) mass is 371 g/mol. The number of nitrogens with one attached hydrogen (secondary N) is 1. The number of benzene rings is 1. The molecule has 0 radical (unpaired) electrons. The van der Waals surface area contributed by atoms with Crippen molar-refractivity contribution in [2.24, 2.45) is 0 Å². The first-order valence-corrected chi connectivity index (χ1v) is 9.82. The van der Waals surface area contributed by atoms with Gasteiger partial charge in [-0.25, -0.2) is 0 Å². The van der Waals surface area contributed by atoms with Crippen molar-refractivity contribution in [1.82, 2.24) is 14.5 Å². The van der Waals surface area contributed by atoms with Gasteiger partial charge in [-0.1, -0.05) is 30.3 Å². The molecule has 130 valence electrons. The lowest BCUT2D eigenvalue weighted by atomic mass is 10.0. The van der Waals surface area contributed by atoms with Gasteiger partial charge in [-0.05, 0) is 43.6 Å². The Balaban J connectivity index is 1.83. The van der Waals surface area contributed by atoms with Crippen molar-refractivity contribution in [2.75, 3.05) is 6.54 Å². The second-order valence-corrected chi connectivity index (χ2v) is 8.32. The Morgan fingerprint density at radius 1 is 1.28 bits per heavy atom. The molecule has 2 aromatic heterocycles. The minimum Gasteiger partial charge on any atom is -0.323 e. The molecular weight excluding hydrogens is 350 g/mol. The minimum atomic E-state index is 0.0399. The highest BCUT2D eigenvalue weighted by atomic mass is 32.1. The number of fused-ring (bicyclic) bond motifs is 3. The van der Waals surface area contributed by atoms with Crippen LogP contribution in [0.25, 0.3) is 10.2 Å². The molecule has 0 amide bonds. The van der Waals surface area contributed by atoms with Crippen molar-refractivity contribution in [1.29, 1.82) is 0 Å². The summed E-state index contributed by atoms with van der Waals surface area (Å²) in [5, 5.41) is 0.841. The standard InChI is InChI=1S/C19H21N3OS2/c1-12(2)21-9-8-14-15(11-21)25-17-16(14)18(23)22(19(24)20-17)10-13-6-4-3-5-7-13/h3-7,12H,8-11H2,1-2H3,(H,20,24). The van der Waals surface area contributed by atoms with Crippen molar-refractivity contribution in [3.8, 4) is 0 Å². The predicted octanol–water partition coefficient (Wildman–Crippen LogP) is 3.94. The Kier molecular flexibility index (Phi) is 4.35. The van der Waals surface area contributed by atoms with Gasteiger partial charge in [0.25, 0.3) is 5.56 Å². The maximum Gasteiger partial charge on any atom is 0.263 e. The minimum absolute atomic E-state index is 0.0399.